The van der Waals surface area contributed by atoms with E-state index in [1.54, 1.807) is 0 Å². The van der Waals surface area contributed by atoms with E-state index >= 15 is 0 Å². The molecule has 0 saturated carbocycles. The van der Waals surface area contributed by atoms with E-state index in [9.17, 15) is 0 Å². The van der Waals surface area contributed by atoms with Crippen molar-refractivity contribution < 1.29 is 0 Å². The third kappa shape index (κ3) is 3.75. The van der Waals surface area contributed by atoms with E-state index in [1.807, 2.05) is 13.8 Å². The van der Waals surface area contributed by atoms with E-state index in [2.05, 4.69) is 33.4 Å². The molecule has 100 valence electrons. The minimum atomic E-state index is 0.524. The van der Waals surface area contributed by atoms with Crippen LogP contribution in [0.4, 0.5) is 0 Å². The molecule has 0 amide bonds. The van der Waals surface area contributed by atoms with Crippen molar-refractivity contribution in [3.63, 3.8) is 0 Å². The van der Waals surface area contributed by atoms with Gasteiger partial charge in [0.05, 0.1) is 11.4 Å². The number of nitrogens with one attached hydrogen (secondary N) is 1. The Hall–Kier alpha value is -1.00. The Labute approximate surface area is 110 Å². The van der Waals surface area contributed by atoms with Gasteiger partial charge in [-0.1, -0.05) is 0 Å². The van der Waals surface area contributed by atoms with Crippen molar-refractivity contribution in [3.8, 4) is 0 Å². The lowest BCUT2D eigenvalue weighted by Gasteiger charge is -2.21. The molecule has 0 aliphatic carbocycles. The first kappa shape index (κ1) is 13.4. The second-order valence-electron chi connectivity index (χ2n) is 5.39. The number of aryl methyl sites for hydroxylation is 2. The lowest BCUT2D eigenvalue weighted by atomic mass is 10.2. The van der Waals surface area contributed by atoms with Crippen molar-refractivity contribution in [3.05, 3.63) is 23.0 Å². The molecule has 0 bridgehead atoms. The predicted molar refractivity (Wildman–Crippen MR) is 73.5 cm³/mol. The molecule has 4 heteroatoms. The fraction of sp³-hybridized carbons (Fsp3) is 0.714. The van der Waals surface area contributed by atoms with Gasteiger partial charge in [-0.2, -0.15) is 10.2 Å². The van der Waals surface area contributed by atoms with Gasteiger partial charge in [-0.05, 0) is 58.3 Å². The molecule has 1 N–H and O–H groups in total. The average molecular weight is 248 g/mol. The van der Waals surface area contributed by atoms with Gasteiger partial charge in [-0.3, -0.25) is 0 Å². The standard InChI is InChI=1S/C14H24N4/c1-11-8-14(13(3)17-16-11)9-15-12(2)10-18-6-4-5-7-18/h8,12,15H,4-7,9-10H2,1-3H3. The molecule has 0 aromatic carbocycles. The molecule has 18 heavy (non-hydrogen) atoms. The topological polar surface area (TPSA) is 41.0 Å². The molecule has 1 aromatic rings. The zero-order valence-electron chi connectivity index (χ0n) is 11.7. The summed E-state index contributed by atoms with van der Waals surface area (Å²) in [7, 11) is 0. The van der Waals surface area contributed by atoms with Crippen LogP contribution < -0.4 is 5.32 Å². The Kier molecular flexibility index (Phi) is 4.66. The molecule has 2 rings (SSSR count). The van der Waals surface area contributed by atoms with Crippen LogP contribution in [0.5, 0.6) is 0 Å². The summed E-state index contributed by atoms with van der Waals surface area (Å²) >= 11 is 0. The Morgan fingerprint density at radius 2 is 2.00 bits per heavy atom. The summed E-state index contributed by atoms with van der Waals surface area (Å²) in [5.41, 5.74) is 3.28. The summed E-state index contributed by atoms with van der Waals surface area (Å²) in [5, 5.41) is 11.8. The first-order chi connectivity index (χ1) is 8.65. The Bertz CT molecular complexity index is 385. The van der Waals surface area contributed by atoms with Gasteiger partial charge in [0.15, 0.2) is 0 Å². The van der Waals surface area contributed by atoms with Crippen molar-refractivity contribution in [1.29, 1.82) is 0 Å². The molecule has 1 aromatic heterocycles. The molecule has 0 radical (unpaired) electrons. The maximum atomic E-state index is 4.16. The van der Waals surface area contributed by atoms with Gasteiger partial charge in [0.25, 0.3) is 0 Å². The van der Waals surface area contributed by atoms with Gasteiger partial charge in [0.1, 0.15) is 0 Å². The molecule has 4 nitrogen and oxygen atoms in total. The van der Waals surface area contributed by atoms with Gasteiger partial charge in [0.2, 0.25) is 0 Å². The fourth-order valence-electron chi connectivity index (χ4n) is 2.48. The highest BCUT2D eigenvalue weighted by Crippen LogP contribution is 2.09. The van der Waals surface area contributed by atoms with Crippen LogP contribution >= 0.6 is 0 Å². The first-order valence-electron chi connectivity index (χ1n) is 6.90. The second-order valence-corrected chi connectivity index (χ2v) is 5.39. The number of aromatic nitrogens is 2. The lowest BCUT2D eigenvalue weighted by Crippen LogP contribution is -2.37. The van der Waals surface area contributed by atoms with Crippen LogP contribution in [0.25, 0.3) is 0 Å². The molecular weight excluding hydrogens is 224 g/mol. The van der Waals surface area contributed by atoms with Crippen molar-refractivity contribution in [2.24, 2.45) is 0 Å². The second kappa shape index (κ2) is 6.25. The SMILES string of the molecule is Cc1cc(CNC(C)CN2CCCC2)c(C)nn1. The molecule has 1 atom stereocenters. The van der Waals surface area contributed by atoms with E-state index in [1.165, 1.54) is 31.5 Å². The number of hydrogen-bond acceptors (Lipinski definition) is 4. The van der Waals surface area contributed by atoms with Crippen LogP contribution in [0.15, 0.2) is 6.07 Å². The van der Waals surface area contributed by atoms with Gasteiger partial charge in [-0.15, -0.1) is 0 Å². The maximum absolute atomic E-state index is 4.16. The quantitative estimate of drug-likeness (QED) is 0.860. The summed E-state index contributed by atoms with van der Waals surface area (Å²) in [6.45, 7) is 10.8. The number of nitrogens with zero attached hydrogens (tertiary/aromatic N) is 3. The van der Waals surface area contributed by atoms with Crippen molar-refractivity contribution >= 4 is 0 Å². The number of hydrogen-bond donors (Lipinski definition) is 1. The zero-order valence-corrected chi connectivity index (χ0v) is 11.7. The molecule has 2 heterocycles. The van der Waals surface area contributed by atoms with Crippen LogP contribution in [-0.4, -0.2) is 40.8 Å². The first-order valence-corrected chi connectivity index (χ1v) is 6.90. The summed E-state index contributed by atoms with van der Waals surface area (Å²) in [5.74, 6) is 0. The molecule has 1 aliphatic heterocycles. The van der Waals surface area contributed by atoms with Gasteiger partial charge in [0, 0.05) is 19.1 Å². The highest BCUT2D eigenvalue weighted by atomic mass is 15.2. The average Bonchev–Trinajstić information content (AvgIpc) is 2.83. The van der Waals surface area contributed by atoms with Crippen LogP contribution in [0.3, 0.4) is 0 Å². The minimum absolute atomic E-state index is 0.524. The summed E-state index contributed by atoms with van der Waals surface area (Å²) < 4.78 is 0. The molecule has 1 unspecified atom stereocenters. The van der Waals surface area contributed by atoms with Crippen LogP contribution in [0.1, 0.15) is 36.7 Å². The summed E-state index contributed by atoms with van der Waals surface area (Å²) in [6.07, 6.45) is 2.72. The predicted octanol–water partition coefficient (Wildman–Crippen LogP) is 1.67. The van der Waals surface area contributed by atoms with Crippen molar-refractivity contribution in [2.75, 3.05) is 19.6 Å². The lowest BCUT2D eigenvalue weighted by molar-refractivity contribution is 0.298. The Morgan fingerprint density at radius 1 is 1.28 bits per heavy atom. The maximum Gasteiger partial charge on any atom is 0.0645 e. The number of likely N-dealkylation sites (tertiary alicyclic amines) is 1. The van der Waals surface area contributed by atoms with E-state index < -0.39 is 0 Å². The van der Waals surface area contributed by atoms with E-state index in [-0.39, 0.29) is 0 Å². The molecular formula is C14H24N4. The van der Waals surface area contributed by atoms with Crippen molar-refractivity contribution in [2.45, 2.75) is 46.2 Å². The van der Waals surface area contributed by atoms with E-state index in [0.717, 1.165) is 24.5 Å². The zero-order chi connectivity index (χ0) is 13.0. The highest BCUT2D eigenvalue weighted by Gasteiger charge is 2.14. The smallest absolute Gasteiger partial charge is 0.0645 e. The summed E-state index contributed by atoms with van der Waals surface area (Å²) in [4.78, 5) is 2.54. The van der Waals surface area contributed by atoms with Gasteiger partial charge < -0.3 is 10.2 Å². The minimum Gasteiger partial charge on any atom is -0.309 e. The largest absolute Gasteiger partial charge is 0.309 e. The van der Waals surface area contributed by atoms with Crippen molar-refractivity contribution in [1.82, 2.24) is 20.4 Å². The van der Waals surface area contributed by atoms with E-state index in [4.69, 9.17) is 0 Å². The van der Waals surface area contributed by atoms with Gasteiger partial charge in [-0.25, -0.2) is 0 Å². The van der Waals surface area contributed by atoms with Crippen LogP contribution in [0, 0.1) is 13.8 Å². The van der Waals surface area contributed by atoms with Crippen LogP contribution in [-0.2, 0) is 6.54 Å². The molecule has 1 saturated heterocycles. The highest BCUT2D eigenvalue weighted by molar-refractivity contribution is 5.19. The third-order valence-corrected chi connectivity index (χ3v) is 3.58. The number of rotatable bonds is 5. The van der Waals surface area contributed by atoms with E-state index in [0.29, 0.717) is 6.04 Å². The fourth-order valence-corrected chi connectivity index (χ4v) is 2.48. The Morgan fingerprint density at radius 3 is 2.72 bits per heavy atom. The van der Waals surface area contributed by atoms with Gasteiger partial charge >= 0.3 is 0 Å². The molecule has 1 fully saturated rings. The normalized spacial score (nSPS) is 18.2. The molecule has 0 spiro atoms. The Balaban J connectivity index is 1.81. The third-order valence-electron chi connectivity index (χ3n) is 3.58. The summed E-state index contributed by atoms with van der Waals surface area (Å²) in [6, 6.07) is 2.65. The molecule has 1 aliphatic rings. The monoisotopic (exact) mass is 248 g/mol. The van der Waals surface area contributed by atoms with Crippen LogP contribution in [0.2, 0.25) is 0 Å².